The van der Waals surface area contributed by atoms with Gasteiger partial charge in [0.15, 0.2) is 0 Å². The number of aliphatic hydroxyl groups is 1. The zero-order chi connectivity index (χ0) is 14.0. The second-order valence-corrected chi connectivity index (χ2v) is 5.79. The molecule has 0 saturated heterocycles. The Labute approximate surface area is 115 Å². The van der Waals surface area contributed by atoms with Crippen molar-refractivity contribution < 1.29 is 5.11 Å². The minimum Gasteiger partial charge on any atom is -0.396 e. The van der Waals surface area contributed by atoms with Gasteiger partial charge >= 0.3 is 0 Å². The molecule has 2 aromatic rings. The van der Waals surface area contributed by atoms with Gasteiger partial charge in [-0.15, -0.1) is 0 Å². The maximum atomic E-state index is 9.75. The summed E-state index contributed by atoms with van der Waals surface area (Å²) in [5.41, 5.74) is 2.43. The molecule has 0 radical (unpaired) electrons. The Balaban J connectivity index is 2.50. The number of aromatic nitrogens is 1. The van der Waals surface area contributed by atoms with Crippen LogP contribution in [0.2, 0.25) is 0 Å². The minimum atomic E-state index is 0.208. The number of aromatic amines is 1. The minimum absolute atomic E-state index is 0.208. The van der Waals surface area contributed by atoms with Crippen molar-refractivity contribution in [2.45, 2.75) is 19.9 Å². The van der Waals surface area contributed by atoms with Crippen LogP contribution in [0.5, 0.6) is 0 Å². The average molecular weight is 260 g/mol. The first-order valence-electron chi connectivity index (χ1n) is 6.89. The Morgan fingerprint density at radius 1 is 1.21 bits per heavy atom. The monoisotopic (exact) mass is 260 g/mol. The summed E-state index contributed by atoms with van der Waals surface area (Å²) in [6.45, 7) is 4.55. The molecule has 1 aromatic heterocycles. The van der Waals surface area contributed by atoms with Gasteiger partial charge in [-0.25, -0.2) is 0 Å². The number of H-pyrrole nitrogens is 1. The fourth-order valence-electron chi connectivity index (χ4n) is 2.91. The Kier molecular flexibility index (Phi) is 4.27. The van der Waals surface area contributed by atoms with E-state index in [4.69, 9.17) is 0 Å². The van der Waals surface area contributed by atoms with Gasteiger partial charge in [-0.1, -0.05) is 32.0 Å². The molecule has 1 aromatic carbocycles. The van der Waals surface area contributed by atoms with Crippen LogP contribution in [0.25, 0.3) is 10.9 Å². The van der Waals surface area contributed by atoms with Crippen molar-refractivity contribution in [1.82, 2.24) is 9.88 Å². The SMILES string of the molecule is CC(C)C(CO)C(c1c[nH]c2ccccc12)N(C)C. The summed E-state index contributed by atoms with van der Waals surface area (Å²) in [5, 5.41) is 11.0. The molecule has 0 aliphatic heterocycles. The molecule has 2 atom stereocenters. The number of nitrogens with one attached hydrogen (secondary N) is 1. The third kappa shape index (κ3) is 2.67. The molecule has 0 bridgehead atoms. The molecule has 0 fully saturated rings. The highest BCUT2D eigenvalue weighted by Gasteiger charge is 2.29. The molecular formula is C16H24N2O. The van der Waals surface area contributed by atoms with Gasteiger partial charge in [-0.3, -0.25) is 0 Å². The maximum absolute atomic E-state index is 9.75. The van der Waals surface area contributed by atoms with Gasteiger partial charge < -0.3 is 15.0 Å². The van der Waals surface area contributed by atoms with Crippen molar-refractivity contribution in [3.05, 3.63) is 36.0 Å². The van der Waals surface area contributed by atoms with Crippen LogP contribution in [0.15, 0.2) is 30.5 Å². The van der Waals surface area contributed by atoms with E-state index in [9.17, 15) is 5.11 Å². The topological polar surface area (TPSA) is 39.3 Å². The van der Waals surface area contributed by atoms with Gasteiger partial charge in [0.25, 0.3) is 0 Å². The number of rotatable bonds is 5. The van der Waals surface area contributed by atoms with Crippen molar-refractivity contribution in [1.29, 1.82) is 0 Å². The molecule has 2 rings (SSSR count). The van der Waals surface area contributed by atoms with Crippen molar-refractivity contribution in [3.8, 4) is 0 Å². The number of nitrogens with zero attached hydrogens (tertiary/aromatic N) is 1. The van der Waals surface area contributed by atoms with Crippen LogP contribution in [-0.2, 0) is 0 Å². The third-order valence-corrected chi connectivity index (χ3v) is 3.97. The van der Waals surface area contributed by atoms with Crippen LogP contribution in [0.1, 0.15) is 25.5 Å². The van der Waals surface area contributed by atoms with Gasteiger partial charge in [0.1, 0.15) is 0 Å². The predicted octanol–water partition coefficient (Wildman–Crippen LogP) is 3.04. The zero-order valence-electron chi connectivity index (χ0n) is 12.2. The lowest BCUT2D eigenvalue weighted by molar-refractivity contribution is 0.101. The lowest BCUT2D eigenvalue weighted by Crippen LogP contribution is -2.32. The predicted molar refractivity (Wildman–Crippen MR) is 80.1 cm³/mol. The summed E-state index contributed by atoms with van der Waals surface area (Å²) in [6.07, 6.45) is 2.08. The van der Waals surface area contributed by atoms with Gasteiger partial charge in [0, 0.05) is 35.7 Å². The molecule has 0 spiro atoms. The molecule has 0 saturated carbocycles. The zero-order valence-corrected chi connectivity index (χ0v) is 12.2. The summed E-state index contributed by atoms with van der Waals surface area (Å²) in [6, 6.07) is 8.57. The lowest BCUT2D eigenvalue weighted by atomic mass is 9.84. The molecule has 1 heterocycles. The summed E-state index contributed by atoms with van der Waals surface area (Å²) >= 11 is 0. The lowest BCUT2D eigenvalue weighted by Gasteiger charge is -2.33. The smallest absolute Gasteiger partial charge is 0.0480 e. The van der Waals surface area contributed by atoms with Crippen LogP contribution in [0, 0.1) is 11.8 Å². The molecule has 0 aliphatic rings. The van der Waals surface area contributed by atoms with E-state index in [1.807, 2.05) is 6.07 Å². The molecule has 104 valence electrons. The summed E-state index contributed by atoms with van der Waals surface area (Å²) in [4.78, 5) is 5.54. The number of fused-ring (bicyclic) bond motifs is 1. The molecule has 3 nitrogen and oxygen atoms in total. The first-order valence-corrected chi connectivity index (χ1v) is 6.89. The van der Waals surface area contributed by atoms with E-state index in [2.05, 4.69) is 62.2 Å². The Hall–Kier alpha value is -1.32. The normalized spacial score (nSPS) is 15.3. The van der Waals surface area contributed by atoms with Crippen LogP contribution >= 0.6 is 0 Å². The van der Waals surface area contributed by atoms with Crippen molar-refractivity contribution in [2.24, 2.45) is 11.8 Å². The number of benzene rings is 1. The molecule has 0 amide bonds. The number of hydrogen-bond acceptors (Lipinski definition) is 2. The van der Waals surface area contributed by atoms with Crippen molar-refractivity contribution in [3.63, 3.8) is 0 Å². The molecule has 2 unspecified atom stereocenters. The highest BCUT2D eigenvalue weighted by Crippen LogP contribution is 2.35. The third-order valence-electron chi connectivity index (χ3n) is 3.97. The van der Waals surface area contributed by atoms with Gasteiger partial charge in [0.2, 0.25) is 0 Å². The largest absolute Gasteiger partial charge is 0.396 e. The van der Waals surface area contributed by atoms with Crippen LogP contribution < -0.4 is 0 Å². The van der Waals surface area contributed by atoms with Crippen LogP contribution in [-0.4, -0.2) is 35.7 Å². The second kappa shape index (κ2) is 5.76. The Morgan fingerprint density at radius 3 is 2.47 bits per heavy atom. The Morgan fingerprint density at radius 2 is 1.89 bits per heavy atom. The maximum Gasteiger partial charge on any atom is 0.0480 e. The summed E-state index contributed by atoms with van der Waals surface area (Å²) < 4.78 is 0. The van der Waals surface area contributed by atoms with Crippen molar-refractivity contribution >= 4 is 10.9 Å². The highest BCUT2D eigenvalue weighted by atomic mass is 16.3. The van der Waals surface area contributed by atoms with Crippen LogP contribution in [0.3, 0.4) is 0 Å². The molecule has 19 heavy (non-hydrogen) atoms. The van der Waals surface area contributed by atoms with Crippen molar-refractivity contribution in [2.75, 3.05) is 20.7 Å². The van der Waals surface area contributed by atoms with Gasteiger partial charge in [0.05, 0.1) is 0 Å². The van der Waals surface area contributed by atoms with E-state index in [1.165, 1.54) is 10.9 Å². The van der Waals surface area contributed by atoms with Gasteiger partial charge in [-0.05, 0) is 31.6 Å². The average Bonchev–Trinajstić information content (AvgIpc) is 2.78. The first kappa shape index (κ1) is 14.1. The van der Waals surface area contributed by atoms with E-state index in [0.717, 1.165) is 5.52 Å². The van der Waals surface area contributed by atoms with Gasteiger partial charge in [-0.2, -0.15) is 0 Å². The summed E-state index contributed by atoms with van der Waals surface area (Å²) in [5.74, 6) is 0.667. The second-order valence-electron chi connectivity index (χ2n) is 5.79. The standard InChI is InChI=1S/C16H24N2O/c1-11(2)14(10-19)16(18(3)4)13-9-17-15-8-6-5-7-12(13)15/h5-9,11,14,16-17,19H,10H2,1-4H3. The first-order chi connectivity index (χ1) is 9.06. The van der Waals surface area contributed by atoms with E-state index in [0.29, 0.717) is 5.92 Å². The number of para-hydroxylation sites is 1. The molecular weight excluding hydrogens is 236 g/mol. The number of aliphatic hydroxyl groups excluding tert-OH is 1. The highest BCUT2D eigenvalue weighted by molar-refractivity contribution is 5.83. The fraction of sp³-hybridized carbons (Fsp3) is 0.500. The fourth-order valence-corrected chi connectivity index (χ4v) is 2.91. The van der Waals surface area contributed by atoms with E-state index in [-0.39, 0.29) is 18.6 Å². The van der Waals surface area contributed by atoms with E-state index in [1.54, 1.807) is 0 Å². The molecule has 0 aliphatic carbocycles. The quantitative estimate of drug-likeness (QED) is 0.867. The number of hydrogen-bond donors (Lipinski definition) is 2. The Bertz CT molecular complexity index is 530. The van der Waals surface area contributed by atoms with E-state index >= 15 is 0 Å². The summed E-state index contributed by atoms with van der Waals surface area (Å²) in [7, 11) is 4.16. The molecule has 3 heteroatoms. The molecule has 2 N–H and O–H groups in total. The van der Waals surface area contributed by atoms with Crippen LogP contribution in [0.4, 0.5) is 0 Å². The van der Waals surface area contributed by atoms with E-state index < -0.39 is 0 Å².